The number of aromatic hydroxyl groups is 1. The van der Waals surface area contributed by atoms with E-state index in [2.05, 4.69) is 9.99 Å². The number of hydrogen-bond acceptors (Lipinski definition) is 7. The predicted octanol–water partition coefficient (Wildman–Crippen LogP) is 2.53. The van der Waals surface area contributed by atoms with Crippen LogP contribution in [-0.2, 0) is 4.84 Å². The normalized spacial score (nSPS) is 20.8. The Balaban J connectivity index is 2.19. The number of furan rings is 1. The molecule has 1 aliphatic heterocycles. The van der Waals surface area contributed by atoms with Crippen LogP contribution in [0.1, 0.15) is 12.0 Å². The SMILES string of the molecule is COc1c(C2=NOC(O)(C(F)(F)F)C2)c(O)c(OC)c2occc12. The molecule has 3 rings (SSSR count). The van der Waals surface area contributed by atoms with Crippen molar-refractivity contribution in [2.75, 3.05) is 14.2 Å². The molecular formula is C14H12F3NO6. The Labute approximate surface area is 132 Å². The lowest BCUT2D eigenvalue weighted by atomic mass is 9.98. The van der Waals surface area contributed by atoms with Crippen molar-refractivity contribution in [3.05, 3.63) is 17.9 Å². The van der Waals surface area contributed by atoms with Gasteiger partial charge in [0, 0.05) is 0 Å². The maximum absolute atomic E-state index is 12.9. The third kappa shape index (κ3) is 2.13. The zero-order valence-electron chi connectivity index (χ0n) is 12.5. The molecule has 0 saturated heterocycles. The molecule has 1 unspecified atom stereocenters. The molecule has 0 radical (unpaired) electrons. The largest absolute Gasteiger partial charge is 0.504 e. The monoisotopic (exact) mass is 347 g/mol. The summed E-state index contributed by atoms with van der Waals surface area (Å²) in [4.78, 5) is 4.18. The van der Waals surface area contributed by atoms with Gasteiger partial charge in [0.2, 0.25) is 5.75 Å². The molecule has 0 amide bonds. The molecule has 1 aromatic carbocycles. The van der Waals surface area contributed by atoms with Crippen LogP contribution in [0.5, 0.6) is 17.2 Å². The van der Waals surface area contributed by atoms with Gasteiger partial charge in [0.25, 0.3) is 0 Å². The number of oxime groups is 1. The molecule has 0 saturated carbocycles. The van der Waals surface area contributed by atoms with Gasteiger partial charge in [-0.05, 0) is 6.07 Å². The Bertz CT molecular complexity index is 828. The lowest BCUT2D eigenvalue weighted by Gasteiger charge is -2.22. The van der Waals surface area contributed by atoms with E-state index in [4.69, 9.17) is 13.9 Å². The van der Waals surface area contributed by atoms with E-state index in [0.29, 0.717) is 5.39 Å². The maximum atomic E-state index is 12.9. The molecule has 130 valence electrons. The summed E-state index contributed by atoms with van der Waals surface area (Å²) in [6.45, 7) is 0. The lowest BCUT2D eigenvalue weighted by Crippen LogP contribution is -2.45. The molecular weight excluding hydrogens is 335 g/mol. The zero-order chi connectivity index (χ0) is 17.7. The summed E-state index contributed by atoms with van der Waals surface area (Å²) in [7, 11) is 2.52. The van der Waals surface area contributed by atoms with Crippen LogP contribution >= 0.6 is 0 Å². The number of halogens is 3. The molecule has 2 heterocycles. The molecule has 2 N–H and O–H groups in total. The summed E-state index contributed by atoms with van der Waals surface area (Å²) < 4.78 is 54.1. The highest BCUT2D eigenvalue weighted by molar-refractivity contribution is 6.12. The van der Waals surface area contributed by atoms with Crippen molar-refractivity contribution in [3.8, 4) is 17.2 Å². The van der Waals surface area contributed by atoms with Crippen molar-refractivity contribution in [2.45, 2.75) is 18.4 Å². The van der Waals surface area contributed by atoms with Crippen LogP contribution in [-0.4, -0.2) is 42.1 Å². The molecule has 0 fully saturated rings. The number of methoxy groups -OCH3 is 2. The van der Waals surface area contributed by atoms with Gasteiger partial charge in [0.1, 0.15) is 11.5 Å². The second kappa shape index (κ2) is 5.20. The predicted molar refractivity (Wildman–Crippen MR) is 74.2 cm³/mol. The highest BCUT2D eigenvalue weighted by Crippen LogP contribution is 2.48. The topological polar surface area (TPSA) is 93.7 Å². The van der Waals surface area contributed by atoms with Crippen molar-refractivity contribution in [1.29, 1.82) is 0 Å². The Hall–Kier alpha value is -2.62. The first-order valence-electron chi connectivity index (χ1n) is 6.62. The van der Waals surface area contributed by atoms with Crippen LogP contribution in [0.3, 0.4) is 0 Å². The van der Waals surface area contributed by atoms with Crippen molar-refractivity contribution in [3.63, 3.8) is 0 Å². The first-order valence-corrected chi connectivity index (χ1v) is 6.62. The minimum atomic E-state index is -5.06. The number of rotatable bonds is 3. The summed E-state index contributed by atoms with van der Waals surface area (Å²) in [6, 6.07) is 1.49. The number of ether oxygens (including phenoxy) is 2. The number of benzene rings is 1. The van der Waals surface area contributed by atoms with E-state index in [-0.39, 0.29) is 28.4 Å². The Morgan fingerprint density at radius 3 is 2.46 bits per heavy atom. The van der Waals surface area contributed by atoms with E-state index in [0.717, 1.165) is 0 Å². The molecule has 1 atom stereocenters. The van der Waals surface area contributed by atoms with Crippen LogP contribution < -0.4 is 9.47 Å². The zero-order valence-corrected chi connectivity index (χ0v) is 12.5. The average Bonchev–Trinajstić information content (AvgIpc) is 3.13. The molecule has 10 heteroatoms. The first kappa shape index (κ1) is 16.2. The third-order valence-corrected chi connectivity index (χ3v) is 3.65. The van der Waals surface area contributed by atoms with E-state index in [1.54, 1.807) is 0 Å². The standard InChI is InChI=1S/C14H12F3NO6/c1-21-10-6-3-4-23-11(6)12(22-2)9(19)8(10)7-5-13(20,24-18-7)14(15,16)17/h3-4,19-20H,5H2,1-2H3. The van der Waals surface area contributed by atoms with Crippen LogP contribution in [0.2, 0.25) is 0 Å². The molecule has 1 aromatic heterocycles. The van der Waals surface area contributed by atoms with Crippen molar-refractivity contribution >= 4 is 16.7 Å². The molecule has 1 aliphatic rings. The quantitative estimate of drug-likeness (QED) is 0.886. The molecule has 24 heavy (non-hydrogen) atoms. The number of hydrogen-bond donors (Lipinski definition) is 2. The average molecular weight is 347 g/mol. The van der Waals surface area contributed by atoms with Crippen molar-refractivity contribution in [1.82, 2.24) is 0 Å². The Kier molecular flexibility index (Phi) is 3.52. The third-order valence-electron chi connectivity index (χ3n) is 3.65. The summed E-state index contributed by atoms with van der Waals surface area (Å²) in [5.41, 5.74) is -0.366. The molecule has 0 spiro atoms. The van der Waals surface area contributed by atoms with Gasteiger partial charge >= 0.3 is 12.0 Å². The summed E-state index contributed by atoms with van der Waals surface area (Å²) in [6.07, 6.45) is -4.78. The van der Waals surface area contributed by atoms with Crippen molar-refractivity contribution in [2.24, 2.45) is 5.16 Å². The van der Waals surface area contributed by atoms with Gasteiger partial charge in [0.15, 0.2) is 11.3 Å². The van der Waals surface area contributed by atoms with Gasteiger partial charge in [0.05, 0.1) is 37.9 Å². The number of alkyl halides is 3. The number of fused-ring (bicyclic) bond motifs is 1. The van der Waals surface area contributed by atoms with Gasteiger partial charge in [-0.3, -0.25) is 0 Å². The van der Waals surface area contributed by atoms with Crippen LogP contribution in [0.25, 0.3) is 11.0 Å². The van der Waals surface area contributed by atoms with Gasteiger partial charge in [-0.15, -0.1) is 0 Å². The van der Waals surface area contributed by atoms with E-state index in [9.17, 15) is 23.4 Å². The first-order chi connectivity index (χ1) is 11.2. The fourth-order valence-corrected chi connectivity index (χ4v) is 2.50. The second-order valence-electron chi connectivity index (χ2n) is 5.04. The highest BCUT2D eigenvalue weighted by atomic mass is 19.4. The van der Waals surface area contributed by atoms with Crippen molar-refractivity contribution < 1.29 is 42.1 Å². The summed E-state index contributed by atoms with van der Waals surface area (Å²) in [5, 5.41) is 23.6. The van der Waals surface area contributed by atoms with E-state index < -0.39 is 24.1 Å². The van der Waals surface area contributed by atoms with Gasteiger partial charge < -0.3 is 28.9 Å². The minimum Gasteiger partial charge on any atom is -0.504 e. The number of phenolic OH excluding ortho intramolecular Hbond substituents is 1. The minimum absolute atomic E-state index is 0.0193. The van der Waals surface area contributed by atoms with E-state index >= 15 is 0 Å². The smallest absolute Gasteiger partial charge is 0.458 e. The lowest BCUT2D eigenvalue weighted by molar-refractivity contribution is -0.355. The van der Waals surface area contributed by atoms with Gasteiger partial charge in [-0.1, -0.05) is 5.16 Å². The van der Waals surface area contributed by atoms with Crippen LogP contribution in [0.4, 0.5) is 13.2 Å². The molecule has 0 bridgehead atoms. The molecule has 0 aliphatic carbocycles. The molecule has 7 nitrogen and oxygen atoms in total. The second-order valence-corrected chi connectivity index (χ2v) is 5.04. The summed E-state index contributed by atoms with van der Waals surface area (Å²) in [5.74, 6) is -4.09. The number of aliphatic hydroxyl groups is 1. The van der Waals surface area contributed by atoms with Crippen LogP contribution in [0, 0.1) is 0 Å². The van der Waals surface area contributed by atoms with E-state index in [1.807, 2.05) is 0 Å². The van der Waals surface area contributed by atoms with Crippen LogP contribution in [0.15, 0.2) is 21.9 Å². The Morgan fingerprint density at radius 1 is 1.25 bits per heavy atom. The molecule has 2 aromatic rings. The number of nitrogens with zero attached hydrogens (tertiary/aromatic N) is 1. The fourth-order valence-electron chi connectivity index (χ4n) is 2.50. The number of phenols is 1. The highest BCUT2D eigenvalue weighted by Gasteiger charge is 2.61. The van der Waals surface area contributed by atoms with E-state index in [1.165, 1.54) is 26.5 Å². The Morgan fingerprint density at radius 2 is 1.92 bits per heavy atom. The van der Waals surface area contributed by atoms with Gasteiger partial charge in [-0.25, -0.2) is 0 Å². The van der Waals surface area contributed by atoms with Gasteiger partial charge in [-0.2, -0.15) is 13.2 Å². The fraction of sp³-hybridized carbons (Fsp3) is 0.357. The maximum Gasteiger partial charge on any atom is 0.458 e. The summed E-state index contributed by atoms with van der Waals surface area (Å²) >= 11 is 0.